The molecule has 0 bridgehead atoms. The molecule has 0 fully saturated rings. The molecule has 0 aliphatic carbocycles. The summed E-state index contributed by atoms with van der Waals surface area (Å²) in [5, 5.41) is 3.43. The molecule has 5 heteroatoms. The van der Waals surface area contributed by atoms with E-state index >= 15 is 0 Å². The van der Waals surface area contributed by atoms with E-state index in [4.69, 9.17) is 0 Å². The molecular weight excluding hydrogens is 340 g/mol. The molecule has 0 spiro atoms. The molecule has 0 saturated carbocycles. The maximum absolute atomic E-state index is 12.4. The van der Waals surface area contributed by atoms with Crippen LogP contribution in [0.2, 0.25) is 0 Å². The zero-order valence-electron chi connectivity index (χ0n) is 13.3. The van der Waals surface area contributed by atoms with E-state index in [2.05, 4.69) is 60.6 Å². The van der Waals surface area contributed by atoms with E-state index in [0.29, 0.717) is 12.1 Å². The summed E-state index contributed by atoms with van der Waals surface area (Å²) in [6.07, 6.45) is 0.971. The lowest BCUT2D eigenvalue weighted by Gasteiger charge is -2.33. The molecule has 1 rings (SSSR count). The minimum absolute atomic E-state index is 0.0946. The van der Waals surface area contributed by atoms with Gasteiger partial charge in [0.05, 0.1) is 0 Å². The zero-order chi connectivity index (χ0) is 16.3. The van der Waals surface area contributed by atoms with Crippen molar-refractivity contribution < 1.29 is 13.5 Å². The molecule has 0 radical (unpaired) electrons. The van der Waals surface area contributed by atoms with Crippen LogP contribution in [0, 0.1) is 5.41 Å². The average Bonchev–Trinajstić information content (AvgIpc) is 2.26. The summed E-state index contributed by atoms with van der Waals surface area (Å²) < 4.78 is 30.3. The molecule has 120 valence electrons. The van der Waals surface area contributed by atoms with Gasteiger partial charge in [-0.2, -0.15) is 8.78 Å². The molecule has 0 aliphatic rings. The van der Waals surface area contributed by atoms with Crippen molar-refractivity contribution in [1.29, 1.82) is 0 Å². The summed E-state index contributed by atoms with van der Waals surface area (Å²) in [6.45, 7) is 8.44. The Hall–Kier alpha value is -0.680. The second-order valence-corrected chi connectivity index (χ2v) is 8.02. The molecular formula is C16H24BrF2NO. The summed E-state index contributed by atoms with van der Waals surface area (Å²) in [6, 6.07) is 5.06. The van der Waals surface area contributed by atoms with Gasteiger partial charge in [0.2, 0.25) is 0 Å². The molecule has 1 aromatic carbocycles. The van der Waals surface area contributed by atoms with Crippen LogP contribution >= 0.6 is 15.9 Å². The van der Waals surface area contributed by atoms with Crippen LogP contribution in [0.4, 0.5) is 8.78 Å². The Bertz CT molecular complexity index is 470. The SMILES string of the molecule is CC(C)(C)CC(C)(C)NCc1cc(Br)ccc1OC(F)F. The number of benzene rings is 1. The number of hydrogen-bond donors (Lipinski definition) is 1. The van der Waals surface area contributed by atoms with Gasteiger partial charge in [-0.3, -0.25) is 0 Å². The van der Waals surface area contributed by atoms with E-state index in [9.17, 15) is 8.78 Å². The second-order valence-electron chi connectivity index (χ2n) is 7.11. The van der Waals surface area contributed by atoms with Crippen molar-refractivity contribution in [3.8, 4) is 5.75 Å². The van der Waals surface area contributed by atoms with Gasteiger partial charge in [0.1, 0.15) is 5.75 Å². The summed E-state index contributed by atoms with van der Waals surface area (Å²) >= 11 is 3.36. The van der Waals surface area contributed by atoms with Gasteiger partial charge in [0, 0.05) is 22.1 Å². The third-order valence-corrected chi connectivity index (χ3v) is 3.46. The van der Waals surface area contributed by atoms with Crippen LogP contribution in [-0.4, -0.2) is 12.2 Å². The van der Waals surface area contributed by atoms with Crippen molar-refractivity contribution in [3.63, 3.8) is 0 Å². The van der Waals surface area contributed by atoms with E-state index < -0.39 is 6.61 Å². The molecule has 1 N–H and O–H groups in total. The fourth-order valence-corrected chi connectivity index (χ4v) is 3.03. The standard InChI is InChI=1S/C16H24BrF2NO/c1-15(2,3)10-16(4,5)20-9-11-8-12(17)6-7-13(11)21-14(18)19/h6-8,14,20H,9-10H2,1-5H3. The topological polar surface area (TPSA) is 21.3 Å². The fourth-order valence-electron chi connectivity index (χ4n) is 2.62. The van der Waals surface area contributed by atoms with Gasteiger partial charge < -0.3 is 10.1 Å². The summed E-state index contributed by atoms with van der Waals surface area (Å²) in [5.74, 6) is 0.215. The van der Waals surface area contributed by atoms with Crippen LogP contribution in [0.15, 0.2) is 22.7 Å². The maximum atomic E-state index is 12.4. The molecule has 1 aromatic rings. The maximum Gasteiger partial charge on any atom is 0.387 e. The Kier molecular flexibility index (Phi) is 6.17. The van der Waals surface area contributed by atoms with Gasteiger partial charge in [0.25, 0.3) is 0 Å². The molecule has 0 aliphatic heterocycles. The fraction of sp³-hybridized carbons (Fsp3) is 0.625. The van der Waals surface area contributed by atoms with E-state index in [1.165, 1.54) is 0 Å². The van der Waals surface area contributed by atoms with E-state index in [1.807, 2.05) is 0 Å². The first-order valence-corrected chi connectivity index (χ1v) is 7.76. The molecule has 0 atom stereocenters. The molecule has 0 aromatic heterocycles. The molecule has 0 unspecified atom stereocenters. The minimum Gasteiger partial charge on any atom is -0.434 e. The Morgan fingerprint density at radius 1 is 1.19 bits per heavy atom. The van der Waals surface area contributed by atoms with Crippen molar-refractivity contribution in [2.24, 2.45) is 5.41 Å². The van der Waals surface area contributed by atoms with Crippen molar-refractivity contribution in [2.45, 2.75) is 59.7 Å². The lowest BCUT2D eigenvalue weighted by atomic mass is 9.82. The highest BCUT2D eigenvalue weighted by Crippen LogP contribution is 2.29. The highest BCUT2D eigenvalue weighted by Gasteiger charge is 2.25. The molecule has 21 heavy (non-hydrogen) atoms. The number of rotatable bonds is 6. The minimum atomic E-state index is -2.81. The van der Waals surface area contributed by atoms with Crippen LogP contribution in [0.25, 0.3) is 0 Å². The normalized spacial score (nSPS) is 12.8. The van der Waals surface area contributed by atoms with Crippen molar-refractivity contribution in [2.75, 3.05) is 0 Å². The zero-order valence-corrected chi connectivity index (χ0v) is 14.9. The number of ether oxygens (including phenoxy) is 1. The van der Waals surface area contributed by atoms with Gasteiger partial charge in [0.15, 0.2) is 0 Å². The van der Waals surface area contributed by atoms with Gasteiger partial charge in [-0.1, -0.05) is 36.7 Å². The average molecular weight is 364 g/mol. The lowest BCUT2D eigenvalue weighted by Crippen LogP contribution is -2.41. The van der Waals surface area contributed by atoms with E-state index in [1.54, 1.807) is 18.2 Å². The Balaban J connectivity index is 2.80. The van der Waals surface area contributed by atoms with Crippen LogP contribution in [0.3, 0.4) is 0 Å². The molecule has 0 amide bonds. The first-order valence-electron chi connectivity index (χ1n) is 6.97. The van der Waals surface area contributed by atoms with Crippen LogP contribution in [-0.2, 0) is 6.54 Å². The molecule has 0 heterocycles. The molecule has 0 saturated heterocycles. The lowest BCUT2D eigenvalue weighted by molar-refractivity contribution is -0.0505. The number of nitrogens with one attached hydrogen (secondary N) is 1. The monoisotopic (exact) mass is 363 g/mol. The van der Waals surface area contributed by atoms with Crippen LogP contribution in [0.1, 0.15) is 46.6 Å². The van der Waals surface area contributed by atoms with Crippen LogP contribution in [0.5, 0.6) is 5.75 Å². The van der Waals surface area contributed by atoms with Gasteiger partial charge in [-0.15, -0.1) is 0 Å². The summed E-state index contributed by atoms with van der Waals surface area (Å²) in [7, 11) is 0. The Labute approximate surface area is 134 Å². The first kappa shape index (κ1) is 18.4. The molecule has 2 nitrogen and oxygen atoms in total. The third kappa shape index (κ3) is 7.23. The number of hydrogen-bond acceptors (Lipinski definition) is 2. The van der Waals surface area contributed by atoms with Crippen LogP contribution < -0.4 is 10.1 Å². The predicted molar refractivity (Wildman–Crippen MR) is 85.8 cm³/mol. The van der Waals surface area contributed by atoms with Crippen molar-refractivity contribution in [3.05, 3.63) is 28.2 Å². The van der Waals surface area contributed by atoms with E-state index in [-0.39, 0.29) is 16.7 Å². The highest BCUT2D eigenvalue weighted by molar-refractivity contribution is 9.10. The predicted octanol–water partition coefficient (Wildman–Crippen LogP) is 5.35. The van der Waals surface area contributed by atoms with Crippen molar-refractivity contribution in [1.82, 2.24) is 5.32 Å². The smallest absolute Gasteiger partial charge is 0.387 e. The number of halogens is 3. The second kappa shape index (κ2) is 7.05. The van der Waals surface area contributed by atoms with Gasteiger partial charge in [-0.25, -0.2) is 0 Å². The quantitative estimate of drug-likeness (QED) is 0.734. The highest BCUT2D eigenvalue weighted by atomic mass is 79.9. The van der Waals surface area contributed by atoms with Gasteiger partial charge in [-0.05, 0) is 43.9 Å². The third-order valence-electron chi connectivity index (χ3n) is 2.97. The summed E-state index contributed by atoms with van der Waals surface area (Å²) in [5.41, 5.74) is 0.810. The largest absolute Gasteiger partial charge is 0.434 e. The number of alkyl halides is 2. The van der Waals surface area contributed by atoms with E-state index in [0.717, 1.165) is 10.9 Å². The Morgan fingerprint density at radius 3 is 2.33 bits per heavy atom. The van der Waals surface area contributed by atoms with Gasteiger partial charge >= 0.3 is 6.61 Å². The summed E-state index contributed by atoms with van der Waals surface area (Å²) in [4.78, 5) is 0. The van der Waals surface area contributed by atoms with Crippen molar-refractivity contribution >= 4 is 15.9 Å². The Morgan fingerprint density at radius 2 is 1.81 bits per heavy atom. The first-order chi connectivity index (χ1) is 9.48.